The third-order valence-corrected chi connectivity index (χ3v) is 2.95. The molecule has 0 saturated heterocycles. The van der Waals surface area contributed by atoms with E-state index in [4.69, 9.17) is 5.84 Å². The Morgan fingerprint density at radius 1 is 1.33 bits per heavy atom. The van der Waals surface area contributed by atoms with Gasteiger partial charge in [0.15, 0.2) is 0 Å². The van der Waals surface area contributed by atoms with Gasteiger partial charge in [0.05, 0.1) is 16.9 Å². The van der Waals surface area contributed by atoms with Crippen LogP contribution in [0.3, 0.4) is 0 Å². The topological polar surface area (TPSA) is 76.7 Å². The Morgan fingerprint density at radius 2 is 2.20 bits per heavy atom. The molecule has 0 spiro atoms. The number of nitrogens with one attached hydrogen (secondary N) is 1. The van der Waals surface area contributed by atoms with E-state index in [1.165, 1.54) is 0 Å². The number of aryl methyl sites for hydroxylation is 1. The second-order valence-electron chi connectivity index (χ2n) is 3.01. The first kappa shape index (κ1) is 10.2. The van der Waals surface area contributed by atoms with Gasteiger partial charge in [0.2, 0.25) is 0 Å². The minimum Gasteiger partial charge on any atom is -0.270 e. The number of aromatic nitrogens is 3. The van der Waals surface area contributed by atoms with Gasteiger partial charge in [-0.3, -0.25) is 15.8 Å². The first-order chi connectivity index (χ1) is 7.31. The number of hydrazine groups is 1. The van der Waals surface area contributed by atoms with Crippen molar-refractivity contribution in [1.82, 2.24) is 20.4 Å². The molecule has 5 nitrogen and oxygen atoms in total. The van der Waals surface area contributed by atoms with E-state index in [1.54, 1.807) is 36.1 Å². The Bertz CT molecular complexity index is 427. The number of rotatable bonds is 3. The number of nitrogens with zero attached hydrogens (tertiary/aromatic N) is 3. The van der Waals surface area contributed by atoms with Gasteiger partial charge in [0.1, 0.15) is 6.04 Å². The van der Waals surface area contributed by atoms with Crippen molar-refractivity contribution in [3.63, 3.8) is 0 Å². The third kappa shape index (κ3) is 2.17. The molecule has 2 heterocycles. The zero-order chi connectivity index (χ0) is 10.7. The molecule has 15 heavy (non-hydrogen) atoms. The van der Waals surface area contributed by atoms with Crippen LogP contribution in [0.4, 0.5) is 0 Å². The molecule has 1 atom stereocenters. The van der Waals surface area contributed by atoms with Gasteiger partial charge in [0.25, 0.3) is 0 Å². The molecule has 0 fully saturated rings. The van der Waals surface area contributed by atoms with E-state index in [0.717, 1.165) is 15.6 Å². The summed E-state index contributed by atoms with van der Waals surface area (Å²) < 4.78 is 0. The second kappa shape index (κ2) is 4.43. The minimum atomic E-state index is -0.134. The molecule has 3 N–H and O–H groups in total. The van der Waals surface area contributed by atoms with Crippen LogP contribution in [0, 0.1) is 6.92 Å². The monoisotopic (exact) mass is 221 g/mol. The van der Waals surface area contributed by atoms with Crippen molar-refractivity contribution in [3.05, 3.63) is 40.4 Å². The summed E-state index contributed by atoms with van der Waals surface area (Å²) in [7, 11) is 0. The smallest absolute Gasteiger partial charge is 0.100 e. The fraction of sp³-hybridized carbons (Fsp3) is 0.222. The van der Waals surface area contributed by atoms with Gasteiger partial charge in [-0.25, -0.2) is 10.4 Å². The quantitative estimate of drug-likeness (QED) is 0.592. The van der Waals surface area contributed by atoms with Gasteiger partial charge >= 0.3 is 0 Å². The molecule has 2 rings (SSSR count). The molecular weight excluding hydrogens is 210 g/mol. The first-order valence-electron chi connectivity index (χ1n) is 4.45. The van der Waals surface area contributed by atoms with Crippen molar-refractivity contribution < 1.29 is 0 Å². The molecule has 0 saturated carbocycles. The van der Waals surface area contributed by atoms with Crippen LogP contribution >= 0.6 is 11.3 Å². The van der Waals surface area contributed by atoms with Gasteiger partial charge in [-0.05, 0) is 6.92 Å². The molecule has 1 unspecified atom stereocenters. The summed E-state index contributed by atoms with van der Waals surface area (Å²) in [4.78, 5) is 13.4. The number of nitrogens with two attached hydrogens (primary N) is 1. The van der Waals surface area contributed by atoms with Crippen LogP contribution in [0.1, 0.15) is 21.6 Å². The SMILES string of the molecule is Cc1ncc(C(NN)c2cnccn2)s1. The average molecular weight is 221 g/mol. The standard InChI is InChI=1S/C9H11N5S/c1-6-13-5-8(15-6)9(14-10)7-4-11-2-3-12-7/h2-5,9,14H,10H2,1H3. The van der Waals surface area contributed by atoms with Crippen molar-refractivity contribution in [3.8, 4) is 0 Å². The van der Waals surface area contributed by atoms with Crippen molar-refractivity contribution in [2.24, 2.45) is 5.84 Å². The van der Waals surface area contributed by atoms with Crippen LogP contribution in [0.15, 0.2) is 24.8 Å². The summed E-state index contributed by atoms with van der Waals surface area (Å²) in [5.74, 6) is 5.51. The van der Waals surface area contributed by atoms with Crippen LogP contribution < -0.4 is 11.3 Å². The van der Waals surface area contributed by atoms with E-state index in [9.17, 15) is 0 Å². The fourth-order valence-corrected chi connectivity index (χ4v) is 2.14. The van der Waals surface area contributed by atoms with E-state index in [2.05, 4.69) is 20.4 Å². The highest BCUT2D eigenvalue weighted by molar-refractivity contribution is 7.11. The van der Waals surface area contributed by atoms with Crippen LogP contribution in [0.2, 0.25) is 0 Å². The predicted molar refractivity (Wildman–Crippen MR) is 58.0 cm³/mol. The highest BCUT2D eigenvalue weighted by Gasteiger charge is 2.15. The maximum Gasteiger partial charge on any atom is 0.100 e. The van der Waals surface area contributed by atoms with E-state index in [0.29, 0.717) is 0 Å². The molecule has 0 aromatic carbocycles. The number of hydrogen-bond donors (Lipinski definition) is 2. The summed E-state index contributed by atoms with van der Waals surface area (Å²) >= 11 is 1.59. The summed E-state index contributed by atoms with van der Waals surface area (Å²) in [5.41, 5.74) is 3.51. The minimum absolute atomic E-state index is 0.134. The summed E-state index contributed by atoms with van der Waals surface area (Å²) in [6.45, 7) is 1.96. The average Bonchev–Trinajstić information content (AvgIpc) is 2.68. The first-order valence-corrected chi connectivity index (χ1v) is 5.27. The molecule has 0 amide bonds. The summed E-state index contributed by atoms with van der Waals surface area (Å²) in [6, 6.07) is -0.134. The maximum absolute atomic E-state index is 5.51. The molecule has 6 heteroatoms. The van der Waals surface area contributed by atoms with Crippen molar-refractivity contribution in [2.45, 2.75) is 13.0 Å². The van der Waals surface area contributed by atoms with E-state index in [1.807, 2.05) is 6.92 Å². The molecule has 0 aliphatic heterocycles. The fourth-order valence-electron chi connectivity index (χ4n) is 1.28. The number of thiazole rings is 1. The molecular formula is C9H11N5S. The van der Waals surface area contributed by atoms with Crippen molar-refractivity contribution in [2.75, 3.05) is 0 Å². The molecule has 2 aromatic heterocycles. The predicted octanol–water partition coefficient (Wildman–Crippen LogP) is 0.794. The third-order valence-electron chi connectivity index (χ3n) is 1.97. The lowest BCUT2D eigenvalue weighted by molar-refractivity contribution is 0.626. The largest absolute Gasteiger partial charge is 0.270 e. The molecule has 0 aliphatic rings. The molecule has 78 valence electrons. The van der Waals surface area contributed by atoms with Gasteiger partial charge in [0, 0.05) is 23.5 Å². The molecule has 2 aromatic rings. The lowest BCUT2D eigenvalue weighted by Gasteiger charge is -2.11. The van der Waals surface area contributed by atoms with E-state index >= 15 is 0 Å². The second-order valence-corrected chi connectivity index (χ2v) is 4.28. The number of hydrogen-bond acceptors (Lipinski definition) is 6. The van der Waals surface area contributed by atoms with Crippen LogP contribution in [0.25, 0.3) is 0 Å². The molecule has 0 radical (unpaired) electrons. The maximum atomic E-state index is 5.51. The van der Waals surface area contributed by atoms with Crippen LogP contribution in [-0.2, 0) is 0 Å². The highest BCUT2D eigenvalue weighted by Crippen LogP contribution is 2.23. The summed E-state index contributed by atoms with van der Waals surface area (Å²) in [5, 5.41) is 1.01. The Morgan fingerprint density at radius 3 is 2.73 bits per heavy atom. The van der Waals surface area contributed by atoms with E-state index < -0.39 is 0 Å². The lowest BCUT2D eigenvalue weighted by atomic mass is 10.2. The highest BCUT2D eigenvalue weighted by atomic mass is 32.1. The van der Waals surface area contributed by atoms with Crippen molar-refractivity contribution >= 4 is 11.3 Å². The summed E-state index contributed by atoms with van der Waals surface area (Å²) in [6.07, 6.45) is 6.78. The Balaban J connectivity index is 2.33. The lowest BCUT2D eigenvalue weighted by Crippen LogP contribution is -2.28. The van der Waals surface area contributed by atoms with E-state index in [-0.39, 0.29) is 6.04 Å². The Hall–Kier alpha value is -1.37. The van der Waals surface area contributed by atoms with Crippen molar-refractivity contribution in [1.29, 1.82) is 0 Å². The Labute approximate surface area is 91.4 Å². The van der Waals surface area contributed by atoms with Crippen LogP contribution in [0.5, 0.6) is 0 Å². The Kier molecular flexibility index (Phi) is 3.00. The zero-order valence-corrected chi connectivity index (χ0v) is 9.03. The van der Waals surface area contributed by atoms with Gasteiger partial charge in [-0.15, -0.1) is 11.3 Å². The zero-order valence-electron chi connectivity index (χ0n) is 8.21. The van der Waals surface area contributed by atoms with Gasteiger partial charge < -0.3 is 0 Å². The molecule has 0 bridgehead atoms. The molecule has 0 aliphatic carbocycles. The normalized spacial score (nSPS) is 12.7. The van der Waals surface area contributed by atoms with Gasteiger partial charge in [-0.2, -0.15) is 0 Å². The van der Waals surface area contributed by atoms with Crippen LogP contribution in [-0.4, -0.2) is 15.0 Å². The van der Waals surface area contributed by atoms with Gasteiger partial charge in [-0.1, -0.05) is 0 Å².